The SMILES string of the molecule is CCOC(=O)C(C(=O)c1c(F)cccc1Cl)=C(C)NC. The molecule has 0 saturated heterocycles. The third-order valence-electron chi connectivity index (χ3n) is 2.65. The number of halogens is 2. The molecule has 20 heavy (non-hydrogen) atoms. The Balaban J connectivity index is 3.36. The summed E-state index contributed by atoms with van der Waals surface area (Å²) in [5, 5.41) is 2.63. The van der Waals surface area contributed by atoms with Crippen LogP contribution >= 0.6 is 11.6 Å². The number of ether oxygens (including phenoxy) is 1. The molecule has 0 saturated carbocycles. The molecule has 0 aliphatic heterocycles. The van der Waals surface area contributed by atoms with Crippen molar-refractivity contribution >= 4 is 23.4 Å². The first-order valence-electron chi connectivity index (χ1n) is 5.98. The molecule has 0 heterocycles. The molecule has 1 aromatic carbocycles. The van der Waals surface area contributed by atoms with Crippen LogP contribution in [-0.2, 0) is 9.53 Å². The average molecular weight is 300 g/mol. The number of allylic oxidation sites excluding steroid dienone is 1. The van der Waals surface area contributed by atoms with Crippen molar-refractivity contribution in [2.75, 3.05) is 13.7 Å². The molecule has 0 unspecified atom stereocenters. The highest BCUT2D eigenvalue weighted by Gasteiger charge is 2.27. The van der Waals surface area contributed by atoms with Crippen molar-refractivity contribution in [2.24, 2.45) is 0 Å². The van der Waals surface area contributed by atoms with E-state index in [1.807, 2.05) is 0 Å². The molecule has 108 valence electrons. The van der Waals surface area contributed by atoms with Gasteiger partial charge in [0.05, 0.1) is 17.2 Å². The summed E-state index contributed by atoms with van der Waals surface area (Å²) in [6.07, 6.45) is 0. The molecule has 0 amide bonds. The number of esters is 1. The molecule has 6 heteroatoms. The molecule has 1 aromatic rings. The van der Waals surface area contributed by atoms with Crippen molar-refractivity contribution < 1.29 is 18.7 Å². The molecule has 0 aliphatic carbocycles. The third kappa shape index (κ3) is 3.36. The smallest absolute Gasteiger partial charge is 0.343 e. The van der Waals surface area contributed by atoms with Crippen LogP contribution < -0.4 is 5.32 Å². The zero-order valence-corrected chi connectivity index (χ0v) is 12.2. The Morgan fingerprint density at radius 2 is 2.05 bits per heavy atom. The first-order valence-corrected chi connectivity index (χ1v) is 6.36. The van der Waals surface area contributed by atoms with Crippen LogP contribution in [-0.4, -0.2) is 25.4 Å². The number of ketones is 1. The first kappa shape index (κ1) is 16.2. The van der Waals surface area contributed by atoms with Gasteiger partial charge in [0.1, 0.15) is 11.4 Å². The lowest BCUT2D eigenvalue weighted by molar-refractivity contribution is -0.138. The standard InChI is InChI=1S/C14H15ClFNO3/c1-4-20-14(19)11(8(2)17-3)13(18)12-9(15)6-5-7-10(12)16/h5-7,17H,4H2,1-3H3. The van der Waals surface area contributed by atoms with Gasteiger partial charge in [-0.3, -0.25) is 4.79 Å². The van der Waals surface area contributed by atoms with E-state index in [1.54, 1.807) is 14.0 Å². The molecule has 0 fully saturated rings. The van der Waals surface area contributed by atoms with Crippen LogP contribution in [0.15, 0.2) is 29.5 Å². The van der Waals surface area contributed by atoms with Crippen molar-refractivity contribution in [1.29, 1.82) is 0 Å². The molecular formula is C14H15ClFNO3. The minimum atomic E-state index is -0.816. The monoisotopic (exact) mass is 299 g/mol. The number of rotatable bonds is 5. The van der Waals surface area contributed by atoms with Gasteiger partial charge in [0.15, 0.2) is 0 Å². The Labute approximate surface area is 121 Å². The number of nitrogens with one attached hydrogen (secondary N) is 1. The average Bonchev–Trinajstić information content (AvgIpc) is 2.38. The molecule has 0 bridgehead atoms. The summed E-state index contributed by atoms with van der Waals surface area (Å²) in [5.74, 6) is -2.41. The summed E-state index contributed by atoms with van der Waals surface area (Å²) in [6.45, 7) is 3.25. The van der Waals surface area contributed by atoms with E-state index < -0.39 is 17.6 Å². The molecular weight excluding hydrogens is 285 g/mol. The van der Waals surface area contributed by atoms with Crippen LogP contribution in [0.5, 0.6) is 0 Å². The fourth-order valence-corrected chi connectivity index (χ4v) is 1.83. The van der Waals surface area contributed by atoms with Crippen LogP contribution in [0.25, 0.3) is 0 Å². The minimum Gasteiger partial charge on any atom is -0.462 e. The van der Waals surface area contributed by atoms with E-state index in [-0.39, 0.29) is 28.5 Å². The Kier molecular flexibility index (Phi) is 5.70. The van der Waals surface area contributed by atoms with Gasteiger partial charge < -0.3 is 10.1 Å². The summed E-state index contributed by atoms with van der Waals surface area (Å²) in [5.41, 5.74) is -0.319. The number of benzene rings is 1. The van der Waals surface area contributed by atoms with Crippen LogP contribution in [0.2, 0.25) is 5.02 Å². The fourth-order valence-electron chi connectivity index (χ4n) is 1.58. The molecule has 0 spiro atoms. The van der Waals surface area contributed by atoms with Gasteiger partial charge in [-0.1, -0.05) is 17.7 Å². The fraction of sp³-hybridized carbons (Fsp3) is 0.286. The highest BCUT2D eigenvalue weighted by molar-refractivity contribution is 6.37. The van der Waals surface area contributed by atoms with Crippen LogP contribution in [0.3, 0.4) is 0 Å². The number of carbonyl (C=O) groups is 2. The molecule has 4 nitrogen and oxygen atoms in total. The highest BCUT2D eigenvalue weighted by Crippen LogP contribution is 2.23. The summed E-state index contributed by atoms with van der Waals surface area (Å²) < 4.78 is 18.6. The maximum Gasteiger partial charge on any atom is 0.343 e. The number of Topliss-reactive ketones (excluding diaryl/α,β-unsaturated/α-hetero) is 1. The second-order valence-corrected chi connectivity index (χ2v) is 4.30. The maximum atomic E-state index is 13.8. The maximum absolute atomic E-state index is 13.8. The van der Waals surface area contributed by atoms with E-state index in [0.29, 0.717) is 0 Å². The summed E-state index contributed by atoms with van der Waals surface area (Å²) in [6, 6.07) is 3.87. The van der Waals surface area contributed by atoms with Gasteiger partial charge in [0.25, 0.3) is 0 Å². The van der Waals surface area contributed by atoms with Gasteiger partial charge in [-0.15, -0.1) is 0 Å². The minimum absolute atomic E-state index is 0.0549. The molecule has 0 aromatic heterocycles. The highest BCUT2D eigenvalue weighted by atomic mass is 35.5. The Morgan fingerprint density at radius 3 is 2.55 bits per heavy atom. The second kappa shape index (κ2) is 7.05. The van der Waals surface area contributed by atoms with Gasteiger partial charge in [-0.05, 0) is 26.0 Å². The number of carbonyl (C=O) groups excluding carboxylic acids is 2. The summed E-state index contributed by atoms with van der Waals surface area (Å²) in [7, 11) is 1.55. The van der Waals surface area contributed by atoms with Gasteiger partial charge >= 0.3 is 5.97 Å². The first-order chi connectivity index (χ1) is 9.43. The predicted octanol–water partition coefficient (Wildman–Crippen LogP) is 2.72. The zero-order chi connectivity index (χ0) is 15.3. The van der Waals surface area contributed by atoms with E-state index in [9.17, 15) is 14.0 Å². The lowest BCUT2D eigenvalue weighted by atomic mass is 10.0. The normalized spacial score (nSPS) is 11.7. The molecule has 1 rings (SSSR count). The van der Waals surface area contributed by atoms with E-state index in [1.165, 1.54) is 19.1 Å². The predicted molar refractivity (Wildman–Crippen MR) is 74.1 cm³/mol. The van der Waals surface area contributed by atoms with Gasteiger partial charge in [-0.2, -0.15) is 0 Å². The largest absolute Gasteiger partial charge is 0.462 e. The van der Waals surface area contributed by atoms with E-state index in [2.05, 4.69) is 5.32 Å². The third-order valence-corrected chi connectivity index (χ3v) is 2.96. The van der Waals surface area contributed by atoms with Crippen LogP contribution in [0, 0.1) is 5.82 Å². The van der Waals surface area contributed by atoms with Crippen LogP contribution in [0.1, 0.15) is 24.2 Å². The van der Waals surface area contributed by atoms with Crippen molar-refractivity contribution in [3.05, 3.63) is 45.9 Å². The molecule has 0 radical (unpaired) electrons. The topological polar surface area (TPSA) is 55.4 Å². The molecule has 0 aliphatic rings. The second-order valence-electron chi connectivity index (χ2n) is 3.90. The summed E-state index contributed by atoms with van der Waals surface area (Å²) >= 11 is 5.84. The molecule has 1 N–H and O–H groups in total. The lowest BCUT2D eigenvalue weighted by Crippen LogP contribution is -2.22. The van der Waals surface area contributed by atoms with Crippen molar-refractivity contribution in [3.8, 4) is 0 Å². The van der Waals surface area contributed by atoms with E-state index in [4.69, 9.17) is 16.3 Å². The molecule has 0 atom stereocenters. The van der Waals surface area contributed by atoms with E-state index >= 15 is 0 Å². The van der Waals surface area contributed by atoms with Crippen molar-refractivity contribution in [1.82, 2.24) is 5.32 Å². The Bertz CT molecular complexity index is 549. The zero-order valence-electron chi connectivity index (χ0n) is 11.4. The van der Waals surface area contributed by atoms with Crippen LogP contribution in [0.4, 0.5) is 4.39 Å². The quantitative estimate of drug-likeness (QED) is 0.299. The van der Waals surface area contributed by atoms with Crippen molar-refractivity contribution in [3.63, 3.8) is 0 Å². The summed E-state index contributed by atoms with van der Waals surface area (Å²) in [4.78, 5) is 24.3. The Hall–Kier alpha value is -1.88. The van der Waals surface area contributed by atoms with Gasteiger partial charge in [-0.25, -0.2) is 9.18 Å². The van der Waals surface area contributed by atoms with Gasteiger partial charge in [0.2, 0.25) is 5.78 Å². The Morgan fingerprint density at radius 1 is 1.40 bits per heavy atom. The van der Waals surface area contributed by atoms with E-state index in [0.717, 1.165) is 6.07 Å². The number of hydrogen-bond donors (Lipinski definition) is 1. The number of hydrogen-bond acceptors (Lipinski definition) is 4. The lowest BCUT2D eigenvalue weighted by Gasteiger charge is -2.11. The van der Waals surface area contributed by atoms with Gasteiger partial charge in [0, 0.05) is 12.7 Å². The van der Waals surface area contributed by atoms with Crippen molar-refractivity contribution in [2.45, 2.75) is 13.8 Å².